The quantitative estimate of drug-likeness (QED) is 0.766. The maximum atomic E-state index is 4.57. The maximum Gasteiger partial charge on any atom is 0.0122 e. The number of nitrogens with zero attached hydrogens (tertiary/aromatic N) is 2. The van der Waals surface area contributed by atoms with Crippen LogP contribution in [0.2, 0.25) is 0 Å². The summed E-state index contributed by atoms with van der Waals surface area (Å²) in [7, 11) is 4.11. The van der Waals surface area contributed by atoms with E-state index in [-0.39, 0.29) is 11.6 Å². The Bertz CT molecular complexity index is 340. The molecule has 0 aliphatic rings. The van der Waals surface area contributed by atoms with Gasteiger partial charge in [0, 0.05) is 5.54 Å². The van der Waals surface area contributed by atoms with Crippen LogP contribution in [0.3, 0.4) is 0 Å². The molecule has 0 aliphatic heterocycles. The summed E-state index contributed by atoms with van der Waals surface area (Å²) in [6, 6.07) is 10.9. The lowest BCUT2D eigenvalue weighted by Crippen LogP contribution is -2.41. The van der Waals surface area contributed by atoms with Crippen LogP contribution in [-0.4, -0.2) is 31.1 Å². The van der Waals surface area contributed by atoms with Crippen LogP contribution < -0.4 is 0 Å². The van der Waals surface area contributed by atoms with Crippen molar-refractivity contribution in [2.75, 3.05) is 20.6 Å². The third kappa shape index (κ3) is 4.11. The number of rotatable bonds is 5. The zero-order valence-corrected chi connectivity index (χ0v) is 12.6. The molecule has 18 heavy (non-hydrogen) atoms. The van der Waals surface area contributed by atoms with Crippen molar-refractivity contribution >= 4 is 0 Å². The first-order valence-corrected chi connectivity index (χ1v) is 6.71. The van der Waals surface area contributed by atoms with E-state index in [1.54, 1.807) is 0 Å². The molecular formula is C16H27N2-. The molecule has 0 fully saturated rings. The molecule has 0 N–H and O–H groups in total. The van der Waals surface area contributed by atoms with Crippen LogP contribution >= 0.6 is 0 Å². The van der Waals surface area contributed by atoms with E-state index in [9.17, 15) is 0 Å². The Labute approximate surface area is 112 Å². The molecule has 0 aliphatic carbocycles. The van der Waals surface area contributed by atoms with Gasteiger partial charge in [0.15, 0.2) is 0 Å². The molecule has 2 nitrogen and oxygen atoms in total. The van der Waals surface area contributed by atoms with E-state index in [4.69, 9.17) is 0 Å². The first-order valence-electron chi connectivity index (χ1n) is 6.71. The van der Waals surface area contributed by atoms with E-state index < -0.39 is 0 Å². The molecule has 0 saturated carbocycles. The molecule has 0 spiro atoms. The van der Waals surface area contributed by atoms with Crippen LogP contribution in [0.1, 0.15) is 39.3 Å². The van der Waals surface area contributed by atoms with E-state index in [0.29, 0.717) is 5.92 Å². The second-order valence-corrected chi connectivity index (χ2v) is 6.14. The first kappa shape index (κ1) is 15.2. The Balaban J connectivity index is 2.72. The van der Waals surface area contributed by atoms with Gasteiger partial charge in [-0.3, -0.25) is 0 Å². The van der Waals surface area contributed by atoms with Crippen LogP contribution in [0.15, 0.2) is 30.3 Å². The zero-order chi connectivity index (χ0) is 13.8. The number of hydrogen-bond acceptors (Lipinski definition) is 1. The summed E-state index contributed by atoms with van der Waals surface area (Å²) >= 11 is 0. The topological polar surface area (TPSA) is 17.3 Å². The van der Waals surface area contributed by atoms with E-state index in [1.165, 1.54) is 5.56 Å². The maximum absolute atomic E-state index is 4.57. The van der Waals surface area contributed by atoms with Crippen molar-refractivity contribution in [1.29, 1.82) is 0 Å². The minimum Gasteiger partial charge on any atom is -0.658 e. The van der Waals surface area contributed by atoms with Crippen LogP contribution in [-0.2, 0) is 0 Å². The molecular weight excluding hydrogens is 220 g/mol. The van der Waals surface area contributed by atoms with Gasteiger partial charge in [-0.25, -0.2) is 0 Å². The van der Waals surface area contributed by atoms with E-state index in [2.05, 4.69) is 75.3 Å². The smallest absolute Gasteiger partial charge is 0.0122 e. The Hall–Kier alpha value is -0.860. The minimum absolute atomic E-state index is 0.212. The molecule has 102 valence electrons. The fourth-order valence-corrected chi connectivity index (χ4v) is 2.19. The molecule has 2 atom stereocenters. The van der Waals surface area contributed by atoms with Crippen LogP contribution in [0.25, 0.3) is 5.32 Å². The molecule has 1 rings (SSSR count). The largest absolute Gasteiger partial charge is 0.658 e. The summed E-state index contributed by atoms with van der Waals surface area (Å²) in [5, 5.41) is 4.57. The van der Waals surface area contributed by atoms with E-state index in [1.807, 2.05) is 7.05 Å². The standard InChI is InChI=1S/C16H27N2/c1-13(12-18(6)16(2,3)4)15(17-5)14-10-8-7-9-11-14/h7-11,13,15H,12H2,1-6H3/q-1/t13-,15+/m0/s1. The normalized spacial score (nSPS) is 15.7. The molecule has 0 radical (unpaired) electrons. The molecule has 1 aromatic carbocycles. The SMILES string of the molecule is C[N-][C@@H](c1ccccc1)[C@@H](C)CN(C)C(C)(C)C. The fraction of sp³-hybridized carbons (Fsp3) is 0.625. The fourth-order valence-electron chi connectivity index (χ4n) is 2.19. The summed E-state index contributed by atoms with van der Waals surface area (Å²) < 4.78 is 0. The summed E-state index contributed by atoms with van der Waals surface area (Å²) in [6.45, 7) is 10.1. The average Bonchev–Trinajstić information content (AvgIpc) is 2.30. The molecule has 0 unspecified atom stereocenters. The zero-order valence-electron chi connectivity index (χ0n) is 12.6. The van der Waals surface area contributed by atoms with Gasteiger partial charge in [-0.2, -0.15) is 7.05 Å². The number of hydrogen-bond donors (Lipinski definition) is 0. The van der Waals surface area contributed by atoms with Gasteiger partial charge in [-0.1, -0.05) is 42.8 Å². The second kappa shape index (κ2) is 6.35. The van der Waals surface area contributed by atoms with E-state index >= 15 is 0 Å². The van der Waals surface area contributed by atoms with Gasteiger partial charge < -0.3 is 10.2 Å². The minimum atomic E-state index is 0.212. The average molecular weight is 247 g/mol. The highest BCUT2D eigenvalue weighted by Crippen LogP contribution is 2.30. The van der Waals surface area contributed by atoms with Crippen molar-refractivity contribution in [2.45, 2.75) is 39.3 Å². The Kier molecular flexibility index (Phi) is 5.36. The highest BCUT2D eigenvalue weighted by atomic mass is 15.2. The Morgan fingerprint density at radius 1 is 1.17 bits per heavy atom. The predicted molar refractivity (Wildman–Crippen MR) is 80.0 cm³/mol. The van der Waals surface area contributed by atoms with Crippen LogP contribution in [0, 0.1) is 5.92 Å². The van der Waals surface area contributed by atoms with Crippen molar-refractivity contribution < 1.29 is 0 Å². The van der Waals surface area contributed by atoms with Gasteiger partial charge in [0.1, 0.15) is 0 Å². The lowest BCUT2D eigenvalue weighted by molar-refractivity contribution is 0.148. The van der Waals surface area contributed by atoms with Gasteiger partial charge in [-0.05, 0) is 40.3 Å². The summed E-state index contributed by atoms with van der Waals surface area (Å²) in [5.41, 5.74) is 1.53. The molecule has 0 bridgehead atoms. The lowest BCUT2D eigenvalue weighted by atomic mass is 9.93. The highest BCUT2D eigenvalue weighted by molar-refractivity contribution is 5.23. The van der Waals surface area contributed by atoms with Crippen molar-refractivity contribution in [1.82, 2.24) is 4.90 Å². The summed E-state index contributed by atoms with van der Waals surface area (Å²) in [4.78, 5) is 2.40. The van der Waals surface area contributed by atoms with Gasteiger partial charge in [0.05, 0.1) is 0 Å². The summed E-state index contributed by atoms with van der Waals surface area (Å²) in [5.74, 6) is 0.515. The van der Waals surface area contributed by atoms with Gasteiger partial charge in [0.25, 0.3) is 0 Å². The molecule has 0 aromatic heterocycles. The number of benzene rings is 1. The molecule has 0 amide bonds. The van der Waals surface area contributed by atoms with Crippen LogP contribution in [0.4, 0.5) is 0 Å². The lowest BCUT2D eigenvalue weighted by Gasteiger charge is -2.40. The molecule has 0 saturated heterocycles. The van der Waals surface area contributed by atoms with Crippen molar-refractivity contribution in [3.05, 3.63) is 41.2 Å². The molecule has 1 aromatic rings. The Morgan fingerprint density at radius 3 is 2.17 bits per heavy atom. The van der Waals surface area contributed by atoms with Crippen LogP contribution in [0.5, 0.6) is 0 Å². The van der Waals surface area contributed by atoms with Crippen molar-refractivity contribution in [3.63, 3.8) is 0 Å². The van der Waals surface area contributed by atoms with Crippen molar-refractivity contribution in [3.8, 4) is 0 Å². The highest BCUT2D eigenvalue weighted by Gasteiger charge is 2.20. The van der Waals surface area contributed by atoms with Gasteiger partial charge >= 0.3 is 0 Å². The third-order valence-electron chi connectivity index (χ3n) is 3.67. The third-order valence-corrected chi connectivity index (χ3v) is 3.67. The predicted octanol–water partition coefficient (Wildman–Crippen LogP) is 4.10. The molecule has 0 heterocycles. The van der Waals surface area contributed by atoms with Gasteiger partial charge in [0.2, 0.25) is 0 Å². The van der Waals surface area contributed by atoms with E-state index in [0.717, 1.165) is 6.54 Å². The Morgan fingerprint density at radius 2 is 1.72 bits per heavy atom. The summed E-state index contributed by atoms with van der Waals surface area (Å²) in [6.07, 6.45) is 0. The van der Waals surface area contributed by atoms with Crippen molar-refractivity contribution in [2.24, 2.45) is 5.92 Å². The second-order valence-electron chi connectivity index (χ2n) is 6.14. The monoisotopic (exact) mass is 247 g/mol. The van der Waals surface area contributed by atoms with Gasteiger partial charge in [-0.15, -0.1) is 6.04 Å². The molecule has 2 heteroatoms. The first-order chi connectivity index (χ1) is 8.36.